The maximum absolute atomic E-state index is 13.7. The minimum atomic E-state index is -4.81. The Kier molecular flexibility index (Phi) is 7.16. The van der Waals surface area contributed by atoms with E-state index >= 15 is 0 Å². The van der Waals surface area contributed by atoms with Gasteiger partial charge in [0.15, 0.2) is 0 Å². The summed E-state index contributed by atoms with van der Waals surface area (Å²) in [5, 5.41) is 48.9. The first-order valence-electron chi connectivity index (χ1n) is 10.8. The predicted octanol–water partition coefficient (Wildman–Crippen LogP) is 3.22. The maximum Gasteiger partial charge on any atom is 0.416 e. The number of benzene rings is 2. The van der Waals surface area contributed by atoms with Crippen LogP contribution >= 0.6 is 0 Å². The van der Waals surface area contributed by atoms with Gasteiger partial charge < -0.3 is 26.3 Å². The molecule has 0 spiro atoms. The lowest BCUT2D eigenvalue weighted by atomic mass is 10.1. The van der Waals surface area contributed by atoms with Crippen molar-refractivity contribution in [1.82, 2.24) is 20.0 Å². The molecule has 2 aromatic heterocycles. The van der Waals surface area contributed by atoms with E-state index in [0.717, 1.165) is 41.2 Å². The van der Waals surface area contributed by atoms with Crippen molar-refractivity contribution in [2.45, 2.75) is 6.18 Å². The van der Waals surface area contributed by atoms with E-state index in [-0.39, 0.29) is 45.3 Å². The summed E-state index contributed by atoms with van der Waals surface area (Å²) in [6.45, 7) is 0. The van der Waals surface area contributed by atoms with Crippen LogP contribution in [-0.4, -0.2) is 64.3 Å². The lowest BCUT2D eigenvalue weighted by Crippen LogP contribution is -2.13. The first-order chi connectivity index (χ1) is 18.9. The summed E-state index contributed by atoms with van der Waals surface area (Å²) in [6.07, 6.45) is -2.62. The highest BCUT2D eigenvalue weighted by atomic mass is 19.4. The van der Waals surface area contributed by atoms with Gasteiger partial charge in [0, 0.05) is 12.1 Å². The van der Waals surface area contributed by atoms with Gasteiger partial charge in [0.25, 0.3) is 0 Å². The number of nitrogens with two attached hydrogens (primary N) is 1. The summed E-state index contributed by atoms with van der Waals surface area (Å²) < 4.78 is 42.3. The van der Waals surface area contributed by atoms with Crippen LogP contribution in [0.2, 0.25) is 0 Å². The molecule has 40 heavy (non-hydrogen) atoms. The first-order valence-corrected chi connectivity index (χ1v) is 10.8. The van der Waals surface area contributed by atoms with Crippen LogP contribution in [0.25, 0.3) is 17.1 Å². The van der Waals surface area contributed by atoms with Crippen molar-refractivity contribution >= 4 is 29.6 Å². The Bertz CT molecular complexity index is 1700. The van der Waals surface area contributed by atoms with E-state index in [1.807, 2.05) is 0 Å². The van der Waals surface area contributed by atoms with E-state index in [0.29, 0.717) is 6.07 Å². The maximum atomic E-state index is 13.7. The number of halogens is 3. The number of pyridine rings is 1. The molecule has 0 radical (unpaired) electrons. The number of carbonyl (C=O) groups is 2. The third-order valence-corrected chi connectivity index (χ3v) is 5.33. The molecule has 0 amide bonds. The standard InChI is InChI=1S/C24H16F3N7O6/c25-24(26,27)11-5-16(18(31-28)9-29-12-1-3-14(22(37)38)20(35)7-12)30-17(6-11)19-10-34(33-32-19)13-2-4-15(23(39)40)21(36)8-13/h1-10,35-36H,28H2,(H,37,38)(H,39,40). The number of aromatic carboxylic acids is 2. The zero-order valence-electron chi connectivity index (χ0n) is 19.8. The molecule has 4 aromatic rings. The summed E-state index contributed by atoms with van der Waals surface area (Å²) in [4.78, 5) is 30.3. The predicted molar refractivity (Wildman–Crippen MR) is 132 cm³/mol. The molecule has 204 valence electrons. The van der Waals surface area contributed by atoms with Crippen molar-refractivity contribution in [3.05, 3.63) is 77.1 Å². The van der Waals surface area contributed by atoms with Crippen molar-refractivity contribution in [3.8, 4) is 28.6 Å². The second-order valence-electron chi connectivity index (χ2n) is 7.96. The van der Waals surface area contributed by atoms with Crippen LogP contribution in [0.3, 0.4) is 0 Å². The van der Waals surface area contributed by atoms with Gasteiger partial charge in [0.1, 0.15) is 34.0 Å². The molecule has 0 bridgehead atoms. The number of carboxylic acids is 2. The quantitative estimate of drug-likeness (QED) is 0.128. The molecule has 0 fully saturated rings. The van der Waals surface area contributed by atoms with E-state index < -0.39 is 35.2 Å². The molecule has 0 aliphatic carbocycles. The number of aromatic hydroxyl groups is 2. The average molecular weight is 555 g/mol. The van der Waals surface area contributed by atoms with Crippen molar-refractivity contribution < 1.29 is 43.2 Å². The second-order valence-corrected chi connectivity index (χ2v) is 7.96. The topological polar surface area (TPSA) is 209 Å². The van der Waals surface area contributed by atoms with Gasteiger partial charge >= 0.3 is 18.1 Å². The highest BCUT2D eigenvalue weighted by Crippen LogP contribution is 2.32. The molecule has 0 aliphatic rings. The van der Waals surface area contributed by atoms with Crippen molar-refractivity contribution in [1.29, 1.82) is 0 Å². The van der Waals surface area contributed by atoms with Gasteiger partial charge in [-0.25, -0.2) is 19.3 Å². The number of carboxylic acid groups (broad SMARTS) is 2. The molecular weight excluding hydrogens is 539 g/mol. The Morgan fingerprint density at radius 1 is 0.925 bits per heavy atom. The number of phenols is 2. The fourth-order valence-electron chi connectivity index (χ4n) is 3.39. The number of hydrogen-bond acceptors (Lipinski definition) is 10. The summed E-state index contributed by atoms with van der Waals surface area (Å²) in [7, 11) is 0. The van der Waals surface area contributed by atoms with Crippen LogP contribution in [-0.2, 0) is 6.18 Å². The van der Waals surface area contributed by atoms with E-state index in [1.54, 1.807) is 0 Å². The van der Waals surface area contributed by atoms with Crippen LogP contribution < -0.4 is 5.84 Å². The molecule has 6 N–H and O–H groups in total. The number of aliphatic imine (C=N–C) groups is 1. The molecule has 13 nitrogen and oxygen atoms in total. The summed E-state index contributed by atoms with van der Waals surface area (Å²) in [5.41, 5.74) is -2.68. The van der Waals surface area contributed by atoms with E-state index in [2.05, 4.69) is 25.4 Å². The van der Waals surface area contributed by atoms with Crippen LogP contribution in [0, 0.1) is 0 Å². The van der Waals surface area contributed by atoms with Crippen molar-refractivity contribution in [3.63, 3.8) is 0 Å². The molecule has 2 aromatic carbocycles. The Balaban J connectivity index is 1.72. The number of hydrogen-bond donors (Lipinski definition) is 5. The largest absolute Gasteiger partial charge is 0.507 e. The number of alkyl halides is 3. The lowest BCUT2D eigenvalue weighted by molar-refractivity contribution is -0.137. The second kappa shape index (κ2) is 10.5. The van der Waals surface area contributed by atoms with Gasteiger partial charge in [-0.1, -0.05) is 5.21 Å². The lowest BCUT2D eigenvalue weighted by Gasteiger charge is -2.10. The zero-order valence-corrected chi connectivity index (χ0v) is 19.8. The van der Waals surface area contributed by atoms with Crippen LogP contribution in [0.4, 0.5) is 18.9 Å². The smallest absolute Gasteiger partial charge is 0.416 e. The van der Waals surface area contributed by atoms with E-state index in [1.165, 1.54) is 18.3 Å². The molecule has 4 rings (SSSR count). The summed E-state index contributed by atoms with van der Waals surface area (Å²) in [6, 6.07) is 8.27. The van der Waals surface area contributed by atoms with Crippen molar-refractivity contribution in [2.75, 3.05) is 0 Å². The Hall–Kier alpha value is -5.80. The minimum absolute atomic E-state index is 0.0518. The normalized spacial score (nSPS) is 12.1. The summed E-state index contributed by atoms with van der Waals surface area (Å²) >= 11 is 0. The van der Waals surface area contributed by atoms with E-state index in [9.17, 15) is 33.0 Å². The molecule has 0 aliphatic heterocycles. The highest BCUT2D eigenvalue weighted by Gasteiger charge is 2.32. The van der Waals surface area contributed by atoms with Crippen LogP contribution in [0.5, 0.6) is 11.5 Å². The van der Waals surface area contributed by atoms with Gasteiger partial charge in [-0.2, -0.15) is 18.3 Å². The van der Waals surface area contributed by atoms with Crippen molar-refractivity contribution in [2.24, 2.45) is 15.9 Å². The van der Waals surface area contributed by atoms with Gasteiger partial charge in [-0.15, -0.1) is 5.10 Å². The highest BCUT2D eigenvalue weighted by molar-refractivity contribution is 6.38. The van der Waals surface area contributed by atoms with Crippen LogP contribution in [0.15, 0.2) is 64.8 Å². The third kappa shape index (κ3) is 5.69. The molecule has 0 saturated heterocycles. The fraction of sp³-hybridized carbons (Fsp3) is 0.0417. The number of rotatable bonds is 7. The van der Waals surface area contributed by atoms with E-state index in [4.69, 9.17) is 16.1 Å². The SMILES string of the molecule is NN=C(C=Nc1ccc(C(=O)O)c(O)c1)c1cc(C(F)(F)F)cc(-c2cn(-c3ccc(C(=O)O)c(O)c3)nn2)n1. The monoisotopic (exact) mass is 555 g/mol. The minimum Gasteiger partial charge on any atom is -0.507 e. The molecule has 0 unspecified atom stereocenters. The van der Waals surface area contributed by atoms with Gasteiger partial charge in [0.05, 0.1) is 40.7 Å². The zero-order chi connectivity index (χ0) is 29.2. The van der Waals surface area contributed by atoms with Gasteiger partial charge in [-0.05, 0) is 36.4 Å². The number of nitrogens with zero attached hydrogens (tertiary/aromatic N) is 6. The first kappa shape index (κ1) is 27.2. The molecule has 16 heteroatoms. The fourth-order valence-corrected chi connectivity index (χ4v) is 3.39. The Morgan fingerprint density at radius 3 is 2.15 bits per heavy atom. The number of aromatic nitrogens is 4. The Labute approximate surface area is 221 Å². The third-order valence-electron chi connectivity index (χ3n) is 5.33. The molecule has 0 saturated carbocycles. The molecular formula is C24H16F3N7O6. The number of hydrazone groups is 1. The average Bonchev–Trinajstić information content (AvgIpc) is 3.38. The molecule has 2 heterocycles. The van der Waals surface area contributed by atoms with Crippen LogP contribution in [0.1, 0.15) is 32.0 Å². The summed E-state index contributed by atoms with van der Waals surface area (Å²) in [5.74, 6) is 1.51. The molecule has 0 atom stereocenters. The Morgan fingerprint density at radius 2 is 1.57 bits per heavy atom. The van der Waals surface area contributed by atoms with Gasteiger partial charge in [0.2, 0.25) is 0 Å². The van der Waals surface area contributed by atoms with Gasteiger partial charge in [-0.3, -0.25) is 4.99 Å².